The summed E-state index contributed by atoms with van der Waals surface area (Å²) in [6.45, 7) is 7.41. The Hall–Kier alpha value is -0.0800. The van der Waals surface area contributed by atoms with E-state index in [0.717, 1.165) is 12.6 Å². The maximum Gasteiger partial charge on any atom is 0.0664 e. The molecule has 2 unspecified atom stereocenters. The standard InChI is InChI=1S/C11H23NO/c1-4-5-8-12(11-6-7-11)9(2)10(3)13/h9-11,13H,4-8H2,1-3H3. The molecule has 0 aromatic carbocycles. The summed E-state index contributed by atoms with van der Waals surface area (Å²) in [5.74, 6) is 0. The minimum Gasteiger partial charge on any atom is -0.392 e. The summed E-state index contributed by atoms with van der Waals surface area (Å²) in [6, 6.07) is 1.11. The quantitative estimate of drug-likeness (QED) is 0.684. The molecule has 1 rings (SSSR count). The molecule has 0 aromatic heterocycles. The van der Waals surface area contributed by atoms with E-state index in [9.17, 15) is 5.11 Å². The molecule has 0 spiro atoms. The van der Waals surface area contributed by atoms with E-state index in [1.165, 1.54) is 25.7 Å². The molecule has 1 N–H and O–H groups in total. The van der Waals surface area contributed by atoms with Crippen LogP contribution in [0, 0.1) is 0 Å². The van der Waals surface area contributed by atoms with Crippen LogP contribution < -0.4 is 0 Å². The molecule has 1 aliphatic carbocycles. The van der Waals surface area contributed by atoms with Crippen molar-refractivity contribution in [1.82, 2.24) is 4.90 Å². The second kappa shape index (κ2) is 4.97. The Balaban J connectivity index is 2.36. The number of hydrogen-bond donors (Lipinski definition) is 1. The Kier molecular flexibility index (Phi) is 4.20. The summed E-state index contributed by atoms with van der Waals surface area (Å²) in [6.07, 6.45) is 4.97. The Bertz CT molecular complexity index is 143. The maximum absolute atomic E-state index is 9.53. The second-order valence-electron chi connectivity index (χ2n) is 4.30. The van der Waals surface area contributed by atoms with E-state index in [0.29, 0.717) is 6.04 Å². The van der Waals surface area contributed by atoms with Crippen LogP contribution in [-0.2, 0) is 0 Å². The molecule has 1 saturated carbocycles. The lowest BCUT2D eigenvalue weighted by Crippen LogP contribution is -2.42. The first-order valence-corrected chi connectivity index (χ1v) is 5.60. The Morgan fingerprint density at radius 1 is 1.38 bits per heavy atom. The molecular formula is C11H23NO. The molecule has 0 amide bonds. The van der Waals surface area contributed by atoms with Gasteiger partial charge in [-0.05, 0) is 39.7 Å². The molecule has 0 bridgehead atoms. The maximum atomic E-state index is 9.53. The largest absolute Gasteiger partial charge is 0.392 e. The number of unbranched alkanes of at least 4 members (excludes halogenated alkanes) is 1. The van der Waals surface area contributed by atoms with E-state index in [1.807, 2.05) is 6.92 Å². The molecule has 0 aliphatic heterocycles. The van der Waals surface area contributed by atoms with E-state index < -0.39 is 0 Å². The third-order valence-corrected chi connectivity index (χ3v) is 3.01. The van der Waals surface area contributed by atoms with Gasteiger partial charge in [-0.3, -0.25) is 4.90 Å². The zero-order valence-corrected chi connectivity index (χ0v) is 9.16. The highest BCUT2D eigenvalue weighted by molar-refractivity contribution is 4.88. The lowest BCUT2D eigenvalue weighted by molar-refractivity contribution is 0.0646. The minimum atomic E-state index is -0.197. The van der Waals surface area contributed by atoms with Crippen molar-refractivity contribution in [2.75, 3.05) is 6.54 Å². The molecular weight excluding hydrogens is 162 g/mol. The van der Waals surface area contributed by atoms with E-state index in [1.54, 1.807) is 0 Å². The predicted octanol–water partition coefficient (Wildman–Crippen LogP) is 2.02. The summed E-state index contributed by atoms with van der Waals surface area (Å²) < 4.78 is 0. The van der Waals surface area contributed by atoms with Crippen LogP contribution in [-0.4, -0.2) is 34.7 Å². The second-order valence-corrected chi connectivity index (χ2v) is 4.30. The Morgan fingerprint density at radius 2 is 2.00 bits per heavy atom. The topological polar surface area (TPSA) is 23.5 Å². The van der Waals surface area contributed by atoms with Crippen molar-refractivity contribution in [3.8, 4) is 0 Å². The van der Waals surface area contributed by atoms with Gasteiger partial charge in [-0.1, -0.05) is 13.3 Å². The van der Waals surface area contributed by atoms with Crippen LogP contribution in [0.4, 0.5) is 0 Å². The summed E-state index contributed by atoms with van der Waals surface area (Å²) in [4.78, 5) is 2.48. The molecule has 2 nitrogen and oxygen atoms in total. The molecule has 0 saturated heterocycles. The zero-order valence-electron chi connectivity index (χ0n) is 9.16. The minimum absolute atomic E-state index is 0.197. The van der Waals surface area contributed by atoms with Crippen LogP contribution in [0.5, 0.6) is 0 Å². The van der Waals surface area contributed by atoms with Gasteiger partial charge in [0.15, 0.2) is 0 Å². The van der Waals surface area contributed by atoms with Crippen LogP contribution in [0.2, 0.25) is 0 Å². The lowest BCUT2D eigenvalue weighted by atomic mass is 10.1. The molecule has 1 aliphatic rings. The first-order chi connectivity index (χ1) is 6.16. The molecule has 2 heteroatoms. The molecule has 78 valence electrons. The average molecular weight is 185 g/mol. The van der Waals surface area contributed by atoms with Crippen LogP contribution >= 0.6 is 0 Å². The molecule has 13 heavy (non-hydrogen) atoms. The highest BCUT2D eigenvalue weighted by Gasteiger charge is 2.32. The third-order valence-electron chi connectivity index (χ3n) is 3.01. The van der Waals surface area contributed by atoms with Crippen LogP contribution in [0.3, 0.4) is 0 Å². The van der Waals surface area contributed by atoms with Crippen molar-refractivity contribution in [1.29, 1.82) is 0 Å². The van der Waals surface area contributed by atoms with Gasteiger partial charge in [0, 0.05) is 12.1 Å². The molecule has 0 radical (unpaired) electrons. The average Bonchev–Trinajstić information content (AvgIpc) is 2.88. The van der Waals surface area contributed by atoms with E-state index >= 15 is 0 Å². The monoisotopic (exact) mass is 185 g/mol. The van der Waals surface area contributed by atoms with Gasteiger partial charge in [0.25, 0.3) is 0 Å². The van der Waals surface area contributed by atoms with Crippen molar-refractivity contribution in [2.45, 2.75) is 64.6 Å². The fraction of sp³-hybridized carbons (Fsp3) is 1.00. The van der Waals surface area contributed by atoms with Crippen LogP contribution in [0.1, 0.15) is 46.5 Å². The van der Waals surface area contributed by atoms with Crippen molar-refractivity contribution >= 4 is 0 Å². The van der Waals surface area contributed by atoms with Crippen LogP contribution in [0.25, 0.3) is 0 Å². The van der Waals surface area contributed by atoms with Gasteiger partial charge >= 0.3 is 0 Å². The smallest absolute Gasteiger partial charge is 0.0664 e. The zero-order chi connectivity index (χ0) is 9.84. The van der Waals surface area contributed by atoms with E-state index in [4.69, 9.17) is 0 Å². The third kappa shape index (κ3) is 3.28. The van der Waals surface area contributed by atoms with Crippen molar-refractivity contribution in [2.24, 2.45) is 0 Å². The van der Waals surface area contributed by atoms with Crippen molar-refractivity contribution in [3.63, 3.8) is 0 Å². The Morgan fingerprint density at radius 3 is 2.38 bits per heavy atom. The first kappa shape index (κ1) is 11.0. The lowest BCUT2D eigenvalue weighted by Gasteiger charge is -2.30. The number of aliphatic hydroxyl groups excluding tert-OH is 1. The first-order valence-electron chi connectivity index (χ1n) is 5.60. The van der Waals surface area contributed by atoms with Crippen molar-refractivity contribution < 1.29 is 5.11 Å². The van der Waals surface area contributed by atoms with Gasteiger partial charge in [0.05, 0.1) is 6.10 Å². The van der Waals surface area contributed by atoms with Gasteiger partial charge in [-0.15, -0.1) is 0 Å². The Labute approximate surface area is 81.9 Å². The fourth-order valence-corrected chi connectivity index (χ4v) is 1.74. The predicted molar refractivity (Wildman–Crippen MR) is 55.8 cm³/mol. The highest BCUT2D eigenvalue weighted by atomic mass is 16.3. The summed E-state index contributed by atoms with van der Waals surface area (Å²) in [5.41, 5.74) is 0. The van der Waals surface area contributed by atoms with Gasteiger partial charge in [-0.25, -0.2) is 0 Å². The van der Waals surface area contributed by atoms with E-state index in [-0.39, 0.29) is 6.10 Å². The molecule has 0 heterocycles. The number of hydrogen-bond acceptors (Lipinski definition) is 2. The summed E-state index contributed by atoms with van der Waals surface area (Å²) in [7, 11) is 0. The SMILES string of the molecule is CCCCN(C1CC1)C(C)C(C)O. The normalized spacial score (nSPS) is 21.9. The summed E-state index contributed by atoms with van der Waals surface area (Å²) >= 11 is 0. The van der Waals surface area contributed by atoms with Gasteiger partial charge < -0.3 is 5.11 Å². The fourth-order valence-electron chi connectivity index (χ4n) is 1.74. The molecule has 1 fully saturated rings. The van der Waals surface area contributed by atoms with E-state index in [2.05, 4.69) is 18.7 Å². The number of aliphatic hydroxyl groups is 1. The van der Waals surface area contributed by atoms with Crippen molar-refractivity contribution in [3.05, 3.63) is 0 Å². The summed E-state index contributed by atoms with van der Waals surface area (Å²) in [5, 5.41) is 9.53. The highest BCUT2D eigenvalue weighted by Crippen LogP contribution is 2.29. The van der Waals surface area contributed by atoms with Crippen LogP contribution in [0.15, 0.2) is 0 Å². The van der Waals surface area contributed by atoms with Gasteiger partial charge in [0.2, 0.25) is 0 Å². The number of nitrogens with zero attached hydrogens (tertiary/aromatic N) is 1. The molecule has 0 aromatic rings. The van der Waals surface area contributed by atoms with Gasteiger partial charge in [-0.2, -0.15) is 0 Å². The number of rotatable bonds is 6. The van der Waals surface area contributed by atoms with Gasteiger partial charge in [0.1, 0.15) is 0 Å². The molecule has 2 atom stereocenters.